The minimum absolute atomic E-state index is 0.703. The SMILES string of the molecule is C#CCC1=C(C[n+]2ccc(-c3ccccc3)cc2)CCc2ccccc21. The maximum atomic E-state index is 5.67. The van der Waals surface area contributed by atoms with Crippen LogP contribution in [0.3, 0.4) is 0 Å². The van der Waals surface area contributed by atoms with E-state index in [0.717, 1.165) is 19.4 Å². The summed E-state index contributed by atoms with van der Waals surface area (Å²) in [4.78, 5) is 0. The van der Waals surface area contributed by atoms with Gasteiger partial charge in [-0.1, -0.05) is 54.6 Å². The summed E-state index contributed by atoms with van der Waals surface area (Å²) in [7, 11) is 0. The maximum absolute atomic E-state index is 5.67. The molecule has 0 saturated carbocycles. The summed E-state index contributed by atoms with van der Waals surface area (Å²) in [5, 5.41) is 0. The first-order valence-electron chi connectivity index (χ1n) is 9.12. The maximum Gasteiger partial charge on any atom is 0.170 e. The van der Waals surface area contributed by atoms with E-state index in [1.54, 1.807) is 0 Å². The van der Waals surface area contributed by atoms with E-state index in [4.69, 9.17) is 6.42 Å². The van der Waals surface area contributed by atoms with Crippen LogP contribution in [-0.4, -0.2) is 0 Å². The summed E-state index contributed by atoms with van der Waals surface area (Å²) < 4.78 is 2.26. The average Bonchev–Trinajstić information content (AvgIpc) is 2.71. The fraction of sp³-hybridized carbons (Fsp3) is 0.160. The predicted octanol–water partition coefficient (Wildman–Crippen LogP) is 5.06. The number of hydrogen-bond donors (Lipinski definition) is 0. The number of fused-ring (bicyclic) bond motifs is 1. The van der Waals surface area contributed by atoms with Crippen molar-refractivity contribution < 1.29 is 4.57 Å². The topological polar surface area (TPSA) is 3.88 Å². The molecule has 1 aliphatic carbocycles. The second-order valence-electron chi connectivity index (χ2n) is 6.75. The summed E-state index contributed by atoms with van der Waals surface area (Å²) in [5.41, 5.74) is 8.05. The van der Waals surface area contributed by atoms with Gasteiger partial charge < -0.3 is 0 Å². The zero-order valence-corrected chi connectivity index (χ0v) is 14.9. The molecule has 0 atom stereocenters. The van der Waals surface area contributed by atoms with Gasteiger partial charge in [-0.3, -0.25) is 0 Å². The standard InChI is InChI=1S/C25H22N/c1-2-8-24-23(14-13-22-11-6-7-12-25(22)24)19-26-17-15-21(16-18-26)20-9-4-3-5-10-20/h1,3-7,9-12,15-18H,8,13-14,19H2/q+1. The molecule has 0 radical (unpaired) electrons. The molecule has 0 saturated heterocycles. The molecule has 0 fully saturated rings. The Hall–Kier alpha value is -3.11. The summed E-state index contributed by atoms with van der Waals surface area (Å²) >= 11 is 0. The second-order valence-corrected chi connectivity index (χ2v) is 6.75. The first kappa shape index (κ1) is 16.4. The van der Waals surface area contributed by atoms with Gasteiger partial charge in [0, 0.05) is 18.6 Å². The molecule has 3 aromatic rings. The minimum atomic E-state index is 0.703. The molecule has 26 heavy (non-hydrogen) atoms. The van der Waals surface area contributed by atoms with Gasteiger partial charge in [-0.25, -0.2) is 4.57 Å². The van der Waals surface area contributed by atoms with E-state index in [2.05, 4.69) is 83.5 Å². The van der Waals surface area contributed by atoms with Gasteiger partial charge in [0.2, 0.25) is 0 Å². The van der Waals surface area contributed by atoms with Crippen molar-refractivity contribution in [3.8, 4) is 23.5 Å². The molecule has 4 rings (SSSR count). The van der Waals surface area contributed by atoms with E-state index in [-0.39, 0.29) is 0 Å². The van der Waals surface area contributed by atoms with E-state index < -0.39 is 0 Å². The van der Waals surface area contributed by atoms with E-state index in [1.807, 2.05) is 6.07 Å². The van der Waals surface area contributed by atoms with Crippen molar-refractivity contribution in [1.82, 2.24) is 0 Å². The Balaban J connectivity index is 1.63. The van der Waals surface area contributed by atoms with Crippen LogP contribution < -0.4 is 4.57 Å². The largest absolute Gasteiger partial charge is 0.201 e. The molecular formula is C25H22N+. The van der Waals surface area contributed by atoms with Crippen LogP contribution in [0.5, 0.6) is 0 Å². The third kappa shape index (κ3) is 3.32. The Labute approximate surface area is 155 Å². The molecule has 0 aliphatic heterocycles. The molecule has 1 aliphatic rings. The van der Waals surface area contributed by atoms with Crippen molar-refractivity contribution in [2.45, 2.75) is 25.8 Å². The molecular weight excluding hydrogens is 314 g/mol. The number of benzene rings is 2. The van der Waals surface area contributed by atoms with Crippen molar-refractivity contribution in [2.24, 2.45) is 0 Å². The van der Waals surface area contributed by atoms with E-state index in [0.29, 0.717) is 6.42 Å². The van der Waals surface area contributed by atoms with Crippen LogP contribution in [0.15, 0.2) is 84.7 Å². The Bertz CT molecular complexity index is 973. The number of rotatable bonds is 4. The van der Waals surface area contributed by atoms with Crippen LogP contribution in [0.25, 0.3) is 16.7 Å². The van der Waals surface area contributed by atoms with Crippen molar-refractivity contribution in [3.05, 3.63) is 95.8 Å². The van der Waals surface area contributed by atoms with Crippen LogP contribution >= 0.6 is 0 Å². The Morgan fingerprint density at radius 1 is 0.808 bits per heavy atom. The Morgan fingerprint density at radius 2 is 1.50 bits per heavy atom. The molecule has 1 aromatic heterocycles. The molecule has 1 heterocycles. The smallest absolute Gasteiger partial charge is 0.170 e. The number of pyridine rings is 1. The molecule has 0 amide bonds. The molecule has 0 unspecified atom stereocenters. The van der Waals surface area contributed by atoms with Gasteiger partial charge in [-0.2, -0.15) is 0 Å². The van der Waals surface area contributed by atoms with Gasteiger partial charge in [0.15, 0.2) is 18.9 Å². The lowest BCUT2D eigenvalue weighted by atomic mass is 9.84. The third-order valence-corrected chi connectivity index (χ3v) is 5.12. The van der Waals surface area contributed by atoms with Gasteiger partial charge in [0.1, 0.15) is 0 Å². The Morgan fingerprint density at radius 3 is 2.27 bits per heavy atom. The third-order valence-electron chi connectivity index (χ3n) is 5.12. The lowest BCUT2D eigenvalue weighted by Crippen LogP contribution is -2.34. The van der Waals surface area contributed by atoms with Crippen LogP contribution in [0, 0.1) is 12.3 Å². The predicted molar refractivity (Wildman–Crippen MR) is 107 cm³/mol. The highest BCUT2D eigenvalue weighted by molar-refractivity contribution is 5.74. The summed E-state index contributed by atoms with van der Waals surface area (Å²) in [6, 6.07) is 23.5. The van der Waals surface area contributed by atoms with E-state index in [9.17, 15) is 0 Å². The average molecular weight is 336 g/mol. The quantitative estimate of drug-likeness (QED) is 0.463. The summed E-state index contributed by atoms with van der Waals surface area (Å²) in [6.45, 7) is 0.903. The highest BCUT2D eigenvalue weighted by Gasteiger charge is 2.20. The summed E-state index contributed by atoms with van der Waals surface area (Å²) in [5.74, 6) is 2.86. The fourth-order valence-electron chi connectivity index (χ4n) is 3.76. The number of terminal acetylenes is 1. The number of allylic oxidation sites excluding steroid dienone is 2. The van der Waals surface area contributed by atoms with Crippen LogP contribution in [-0.2, 0) is 13.0 Å². The first-order valence-corrected chi connectivity index (χ1v) is 9.12. The molecule has 126 valence electrons. The van der Waals surface area contributed by atoms with Crippen molar-refractivity contribution in [3.63, 3.8) is 0 Å². The zero-order valence-electron chi connectivity index (χ0n) is 14.9. The van der Waals surface area contributed by atoms with Crippen molar-refractivity contribution >= 4 is 5.57 Å². The molecule has 0 spiro atoms. The Kier molecular flexibility index (Phi) is 4.67. The molecule has 0 N–H and O–H groups in total. The number of aryl methyl sites for hydroxylation is 1. The summed E-state index contributed by atoms with van der Waals surface area (Å²) in [6.07, 6.45) is 12.9. The molecule has 2 aromatic carbocycles. The van der Waals surface area contributed by atoms with Crippen molar-refractivity contribution in [1.29, 1.82) is 0 Å². The number of aromatic nitrogens is 1. The van der Waals surface area contributed by atoms with Gasteiger partial charge in [-0.15, -0.1) is 12.3 Å². The van der Waals surface area contributed by atoms with Gasteiger partial charge in [0.05, 0.1) is 0 Å². The number of nitrogens with zero attached hydrogens (tertiary/aromatic N) is 1. The van der Waals surface area contributed by atoms with Crippen molar-refractivity contribution in [2.75, 3.05) is 0 Å². The highest BCUT2D eigenvalue weighted by Crippen LogP contribution is 2.33. The van der Waals surface area contributed by atoms with Crippen LogP contribution in [0.2, 0.25) is 0 Å². The first-order chi connectivity index (χ1) is 12.8. The highest BCUT2D eigenvalue weighted by atomic mass is 14.9. The fourth-order valence-corrected chi connectivity index (χ4v) is 3.76. The van der Waals surface area contributed by atoms with Gasteiger partial charge in [-0.05, 0) is 46.2 Å². The second kappa shape index (κ2) is 7.42. The lowest BCUT2D eigenvalue weighted by Gasteiger charge is -2.21. The molecule has 1 nitrogen and oxygen atoms in total. The van der Waals surface area contributed by atoms with Gasteiger partial charge in [0.25, 0.3) is 0 Å². The lowest BCUT2D eigenvalue weighted by molar-refractivity contribution is -0.689. The normalized spacial score (nSPS) is 13.2. The van der Waals surface area contributed by atoms with Crippen LogP contribution in [0.1, 0.15) is 24.0 Å². The van der Waals surface area contributed by atoms with E-state index in [1.165, 1.54) is 33.4 Å². The minimum Gasteiger partial charge on any atom is -0.201 e. The molecule has 0 bridgehead atoms. The zero-order chi connectivity index (χ0) is 17.8. The van der Waals surface area contributed by atoms with Crippen LogP contribution in [0.4, 0.5) is 0 Å². The van der Waals surface area contributed by atoms with Gasteiger partial charge >= 0.3 is 0 Å². The van der Waals surface area contributed by atoms with E-state index >= 15 is 0 Å². The monoisotopic (exact) mass is 336 g/mol. The number of hydrogen-bond acceptors (Lipinski definition) is 0. The molecule has 1 heteroatoms.